The van der Waals surface area contributed by atoms with Crippen molar-refractivity contribution in [3.05, 3.63) is 35.2 Å². The van der Waals surface area contributed by atoms with Crippen LogP contribution in [-0.4, -0.2) is 61.4 Å². The molecule has 2 aromatic rings. The van der Waals surface area contributed by atoms with Crippen LogP contribution in [0.2, 0.25) is 0 Å². The summed E-state index contributed by atoms with van der Waals surface area (Å²) >= 11 is 0. The Bertz CT molecular complexity index is 781. The van der Waals surface area contributed by atoms with E-state index in [2.05, 4.69) is 15.1 Å². The quantitative estimate of drug-likeness (QED) is 0.747. The number of aromatic nitrogens is 4. The zero-order chi connectivity index (χ0) is 18.0. The number of carbonyl (C=O) groups excluding carboxylic acids is 1. The van der Waals surface area contributed by atoms with Gasteiger partial charge < -0.3 is 19.7 Å². The summed E-state index contributed by atoms with van der Waals surface area (Å²) in [6.07, 6.45) is 2.00. The lowest BCUT2D eigenvalue weighted by Crippen LogP contribution is -2.44. The number of H-pyrrole nitrogens is 1. The minimum atomic E-state index is -1.10. The number of amides is 1. The van der Waals surface area contributed by atoms with Crippen molar-refractivity contribution in [2.75, 3.05) is 19.8 Å². The molecule has 0 saturated heterocycles. The van der Waals surface area contributed by atoms with Gasteiger partial charge in [-0.25, -0.2) is 9.78 Å². The molecule has 0 saturated carbocycles. The van der Waals surface area contributed by atoms with E-state index in [1.165, 1.54) is 11.2 Å². The van der Waals surface area contributed by atoms with Gasteiger partial charge in [-0.3, -0.25) is 9.48 Å². The first-order chi connectivity index (χ1) is 12.0. The van der Waals surface area contributed by atoms with Crippen LogP contribution in [0.5, 0.6) is 0 Å². The van der Waals surface area contributed by atoms with Crippen LogP contribution in [0.3, 0.4) is 0 Å². The van der Waals surface area contributed by atoms with Crippen molar-refractivity contribution in [3.8, 4) is 0 Å². The molecule has 1 unspecified atom stereocenters. The summed E-state index contributed by atoms with van der Waals surface area (Å²) in [6, 6.07) is 0.575. The summed E-state index contributed by atoms with van der Waals surface area (Å²) in [5.74, 6) is -1.46. The summed E-state index contributed by atoms with van der Waals surface area (Å²) in [5, 5.41) is 13.9. The van der Waals surface area contributed by atoms with Gasteiger partial charge in [-0.05, 0) is 19.9 Å². The zero-order valence-corrected chi connectivity index (χ0v) is 14.2. The second kappa shape index (κ2) is 7.06. The summed E-state index contributed by atoms with van der Waals surface area (Å²) in [7, 11) is 0. The monoisotopic (exact) mass is 347 g/mol. The first-order valence-corrected chi connectivity index (χ1v) is 8.21. The molecule has 1 atom stereocenters. The number of nitrogens with one attached hydrogen (secondary N) is 1. The average Bonchev–Trinajstić information content (AvgIpc) is 3.19. The molecule has 3 heterocycles. The summed E-state index contributed by atoms with van der Waals surface area (Å²) in [4.78, 5) is 33.2. The van der Waals surface area contributed by atoms with Crippen LogP contribution in [0, 0.1) is 6.92 Å². The predicted octanol–water partition coefficient (Wildman–Crippen LogP) is 0.775. The van der Waals surface area contributed by atoms with E-state index in [9.17, 15) is 14.7 Å². The van der Waals surface area contributed by atoms with Gasteiger partial charge in [-0.15, -0.1) is 0 Å². The molecule has 0 bridgehead atoms. The molecule has 0 fully saturated rings. The normalized spacial score (nSPS) is 16.7. The number of rotatable bonds is 6. The number of carboxylic acids is 1. The first-order valence-electron chi connectivity index (χ1n) is 8.21. The fourth-order valence-corrected chi connectivity index (χ4v) is 3.08. The Kier molecular flexibility index (Phi) is 4.84. The lowest BCUT2D eigenvalue weighted by atomic mass is 10.0. The predicted molar refractivity (Wildman–Crippen MR) is 87.2 cm³/mol. The molecule has 0 spiro atoms. The summed E-state index contributed by atoms with van der Waals surface area (Å²) in [6.45, 7) is 5.45. The molecule has 0 radical (unpaired) electrons. The molecule has 1 aliphatic heterocycles. The Morgan fingerprint density at radius 2 is 2.28 bits per heavy atom. The Hall–Kier alpha value is -2.68. The van der Waals surface area contributed by atoms with Crippen LogP contribution in [0.4, 0.5) is 0 Å². The van der Waals surface area contributed by atoms with Gasteiger partial charge in [0.1, 0.15) is 5.69 Å². The topological polar surface area (TPSA) is 113 Å². The summed E-state index contributed by atoms with van der Waals surface area (Å²) in [5.41, 5.74) is 2.22. The minimum Gasteiger partial charge on any atom is -0.479 e. The van der Waals surface area contributed by atoms with Gasteiger partial charge in [0.05, 0.1) is 30.9 Å². The summed E-state index contributed by atoms with van der Waals surface area (Å²) < 4.78 is 6.90. The van der Waals surface area contributed by atoms with E-state index < -0.39 is 12.0 Å². The maximum absolute atomic E-state index is 13.0. The van der Waals surface area contributed by atoms with Crippen molar-refractivity contribution in [2.45, 2.75) is 32.9 Å². The highest BCUT2D eigenvalue weighted by molar-refractivity contribution is 5.96. The molecular weight excluding hydrogens is 326 g/mol. The van der Waals surface area contributed by atoms with Crippen LogP contribution in [0.1, 0.15) is 40.5 Å². The van der Waals surface area contributed by atoms with E-state index in [1.807, 2.05) is 6.92 Å². The largest absolute Gasteiger partial charge is 0.479 e. The van der Waals surface area contributed by atoms with E-state index >= 15 is 0 Å². The van der Waals surface area contributed by atoms with Gasteiger partial charge in [-0.2, -0.15) is 5.10 Å². The highest BCUT2D eigenvalue weighted by Gasteiger charge is 2.39. The first kappa shape index (κ1) is 17.2. The van der Waals surface area contributed by atoms with Gasteiger partial charge in [0, 0.05) is 25.3 Å². The van der Waals surface area contributed by atoms with Crippen molar-refractivity contribution < 1.29 is 19.4 Å². The molecule has 1 aliphatic rings. The lowest BCUT2D eigenvalue weighted by Gasteiger charge is -2.32. The maximum atomic E-state index is 13.0. The molecule has 0 aromatic carbocycles. The number of aryl methyl sites for hydroxylation is 1. The molecule has 134 valence electrons. The number of ether oxygens (including phenoxy) is 1. The number of fused-ring (bicyclic) bond motifs is 1. The standard InChI is InChI=1S/C16H21N5O4/c1-3-25-7-6-21-12(8-10(2)19-21)15(22)20-5-4-11-13(18-9-17-11)14(20)16(23)24/h8-9,14H,3-7H2,1-2H3,(H,17,18)(H,23,24). The molecule has 9 heteroatoms. The number of hydrogen-bond acceptors (Lipinski definition) is 5. The minimum absolute atomic E-state index is 0.306. The van der Waals surface area contributed by atoms with Crippen LogP contribution in [-0.2, 0) is 22.5 Å². The molecule has 0 aliphatic carbocycles. The molecule has 2 aromatic heterocycles. The SMILES string of the molecule is CCOCCn1nc(C)cc1C(=O)N1CCc2[nH]cnc2C1C(=O)O. The van der Waals surface area contributed by atoms with Crippen molar-refractivity contribution >= 4 is 11.9 Å². The Balaban J connectivity index is 1.89. The zero-order valence-electron chi connectivity index (χ0n) is 14.2. The van der Waals surface area contributed by atoms with Crippen LogP contribution in [0.25, 0.3) is 0 Å². The average molecular weight is 347 g/mol. The van der Waals surface area contributed by atoms with Crippen LogP contribution in [0.15, 0.2) is 12.4 Å². The van der Waals surface area contributed by atoms with E-state index in [1.54, 1.807) is 17.7 Å². The number of imidazole rings is 1. The smallest absolute Gasteiger partial charge is 0.332 e. The number of carbonyl (C=O) groups is 2. The third-order valence-electron chi connectivity index (χ3n) is 4.19. The van der Waals surface area contributed by atoms with Gasteiger partial charge in [0.25, 0.3) is 5.91 Å². The Morgan fingerprint density at radius 1 is 1.48 bits per heavy atom. The second-order valence-electron chi connectivity index (χ2n) is 5.85. The van der Waals surface area contributed by atoms with E-state index in [4.69, 9.17) is 4.74 Å². The fraction of sp³-hybridized carbons (Fsp3) is 0.500. The Labute approximate surface area is 144 Å². The van der Waals surface area contributed by atoms with Gasteiger partial charge >= 0.3 is 5.97 Å². The number of aliphatic carboxylic acids is 1. The number of nitrogens with zero attached hydrogens (tertiary/aromatic N) is 4. The van der Waals surface area contributed by atoms with Crippen molar-refractivity contribution in [1.29, 1.82) is 0 Å². The lowest BCUT2D eigenvalue weighted by molar-refractivity contribution is -0.143. The van der Waals surface area contributed by atoms with Crippen molar-refractivity contribution in [2.24, 2.45) is 0 Å². The highest BCUT2D eigenvalue weighted by atomic mass is 16.5. The van der Waals surface area contributed by atoms with E-state index in [0.29, 0.717) is 49.8 Å². The third-order valence-corrected chi connectivity index (χ3v) is 4.19. The fourth-order valence-electron chi connectivity index (χ4n) is 3.08. The molecule has 2 N–H and O–H groups in total. The van der Waals surface area contributed by atoms with E-state index in [0.717, 1.165) is 5.69 Å². The Morgan fingerprint density at radius 3 is 3.00 bits per heavy atom. The van der Waals surface area contributed by atoms with E-state index in [-0.39, 0.29) is 5.91 Å². The highest BCUT2D eigenvalue weighted by Crippen LogP contribution is 2.29. The molecular formula is C16H21N5O4. The molecule has 25 heavy (non-hydrogen) atoms. The number of hydrogen-bond donors (Lipinski definition) is 2. The number of carboxylic acid groups (broad SMARTS) is 1. The van der Waals surface area contributed by atoms with Gasteiger partial charge in [-0.1, -0.05) is 0 Å². The molecule has 1 amide bonds. The van der Waals surface area contributed by atoms with Crippen LogP contribution >= 0.6 is 0 Å². The third kappa shape index (κ3) is 3.27. The molecule has 9 nitrogen and oxygen atoms in total. The number of aromatic amines is 1. The van der Waals surface area contributed by atoms with Gasteiger partial charge in [0.2, 0.25) is 0 Å². The van der Waals surface area contributed by atoms with Crippen LogP contribution < -0.4 is 0 Å². The maximum Gasteiger partial charge on any atom is 0.332 e. The van der Waals surface area contributed by atoms with Crippen molar-refractivity contribution in [1.82, 2.24) is 24.6 Å². The second-order valence-corrected chi connectivity index (χ2v) is 5.85. The van der Waals surface area contributed by atoms with Gasteiger partial charge in [0.15, 0.2) is 6.04 Å². The molecule has 3 rings (SSSR count). The van der Waals surface area contributed by atoms with Crippen molar-refractivity contribution in [3.63, 3.8) is 0 Å².